The molecule has 0 aromatic carbocycles. The van der Waals surface area contributed by atoms with Crippen LogP contribution in [-0.2, 0) is 6.67 Å². The Bertz CT molecular complexity index is 674. The second-order valence-corrected chi connectivity index (χ2v) is 6.18. The molecule has 1 unspecified atom stereocenters. The van der Waals surface area contributed by atoms with E-state index in [1.54, 1.807) is 12.1 Å². The Morgan fingerprint density at radius 3 is 3.00 bits per heavy atom. The molecule has 0 fully saturated rings. The summed E-state index contributed by atoms with van der Waals surface area (Å²) < 4.78 is 12.7. The van der Waals surface area contributed by atoms with Crippen LogP contribution in [0.2, 0.25) is 0 Å². The summed E-state index contributed by atoms with van der Waals surface area (Å²) in [6.45, 7) is 4.18. The van der Waals surface area contributed by atoms with Gasteiger partial charge in [-0.1, -0.05) is 18.9 Å². The molecular formula is C20H28FN5. The van der Waals surface area contributed by atoms with Gasteiger partial charge in [0.1, 0.15) is 18.2 Å². The maximum Gasteiger partial charge on any atom is 0.141 e. The Hall–Kier alpha value is -2.39. The van der Waals surface area contributed by atoms with Gasteiger partial charge in [0, 0.05) is 25.5 Å². The first-order valence-corrected chi connectivity index (χ1v) is 9.16. The van der Waals surface area contributed by atoms with Crippen molar-refractivity contribution in [3.63, 3.8) is 0 Å². The SMILES string of the molecule is CCN(C)C(C#Cc1cccc(CF)n1)CCCCNC1=CNCC=N1. The number of aromatic nitrogens is 1. The van der Waals surface area contributed by atoms with Crippen molar-refractivity contribution in [2.45, 2.75) is 38.9 Å². The smallest absolute Gasteiger partial charge is 0.141 e. The van der Waals surface area contributed by atoms with E-state index in [0.29, 0.717) is 11.4 Å². The van der Waals surface area contributed by atoms with Gasteiger partial charge in [-0.05, 0) is 50.9 Å². The summed E-state index contributed by atoms with van der Waals surface area (Å²) in [6.07, 6.45) is 6.87. The predicted octanol–water partition coefficient (Wildman–Crippen LogP) is 2.46. The fourth-order valence-corrected chi connectivity index (χ4v) is 2.57. The second-order valence-electron chi connectivity index (χ2n) is 6.18. The van der Waals surface area contributed by atoms with Crippen LogP contribution in [0, 0.1) is 11.8 Å². The van der Waals surface area contributed by atoms with Crippen molar-refractivity contribution < 1.29 is 4.39 Å². The van der Waals surface area contributed by atoms with E-state index in [1.807, 2.05) is 18.5 Å². The number of nitrogens with one attached hydrogen (secondary N) is 2. The topological polar surface area (TPSA) is 52.6 Å². The average Bonchev–Trinajstić information content (AvgIpc) is 2.70. The number of halogens is 1. The highest BCUT2D eigenvalue weighted by atomic mass is 19.1. The summed E-state index contributed by atoms with van der Waals surface area (Å²) in [5.41, 5.74) is 1.06. The minimum Gasteiger partial charge on any atom is -0.383 e. The summed E-state index contributed by atoms with van der Waals surface area (Å²) in [7, 11) is 2.08. The fourth-order valence-electron chi connectivity index (χ4n) is 2.57. The molecule has 5 nitrogen and oxygen atoms in total. The van der Waals surface area contributed by atoms with Crippen molar-refractivity contribution in [2.75, 3.05) is 26.7 Å². The number of hydrogen-bond donors (Lipinski definition) is 2. The number of nitrogens with zero attached hydrogens (tertiary/aromatic N) is 3. The third-order valence-corrected chi connectivity index (χ3v) is 4.23. The van der Waals surface area contributed by atoms with Crippen molar-refractivity contribution in [3.05, 3.63) is 41.6 Å². The van der Waals surface area contributed by atoms with Crippen LogP contribution in [0.3, 0.4) is 0 Å². The van der Waals surface area contributed by atoms with Gasteiger partial charge in [-0.15, -0.1) is 0 Å². The average molecular weight is 357 g/mol. The van der Waals surface area contributed by atoms with Crippen LogP contribution >= 0.6 is 0 Å². The van der Waals surface area contributed by atoms with Gasteiger partial charge >= 0.3 is 0 Å². The van der Waals surface area contributed by atoms with Gasteiger partial charge in [0.25, 0.3) is 0 Å². The minimum atomic E-state index is -0.559. The highest BCUT2D eigenvalue weighted by Gasteiger charge is 2.10. The van der Waals surface area contributed by atoms with Crippen LogP contribution in [0.25, 0.3) is 0 Å². The van der Waals surface area contributed by atoms with Gasteiger partial charge in [0.05, 0.1) is 11.7 Å². The highest BCUT2D eigenvalue weighted by molar-refractivity contribution is 5.62. The van der Waals surface area contributed by atoms with Crippen LogP contribution < -0.4 is 10.6 Å². The van der Waals surface area contributed by atoms with Gasteiger partial charge < -0.3 is 10.6 Å². The molecule has 0 saturated heterocycles. The van der Waals surface area contributed by atoms with Gasteiger partial charge in [-0.25, -0.2) is 14.4 Å². The third kappa shape index (κ3) is 6.85. The molecule has 0 bridgehead atoms. The molecule has 26 heavy (non-hydrogen) atoms. The molecule has 140 valence electrons. The van der Waals surface area contributed by atoms with E-state index >= 15 is 0 Å². The van der Waals surface area contributed by atoms with Crippen LogP contribution in [-0.4, -0.2) is 48.8 Å². The third-order valence-electron chi connectivity index (χ3n) is 4.23. The number of pyridine rings is 1. The first kappa shape index (κ1) is 19.9. The quantitative estimate of drug-likeness (QED) is 0.527. The van der Waals surface area contributed by atoms with Gasteiger partial charge in [-0.3, -0.25) is 4.90 Å². The summed E-state index contributed by atoms with van der Waals surface area (Å²) in [5, 5.41) is 6.44. The Kier molecular flexibility index (Phi) is 8.64. The molecule has 0 radical (unpaired) electrons. The maximum absolute atomic E-state index is 12.7. The molecule has 2 rings (SSSR count). The highest BCUT2D eigenvalue weighted by Crippen LogP contribution is 2.08. The molecule has 0 spiro atoms. The first-order chi connectivity index (χ1) is 12.7. The van der Waals surface area contributed by atoms with Gasteiger partial charge in [0.15, 0.2) is 0 Å². The van der Waals surface area contributed by atoms with E-state index in [4.69, 9.17) is 0 Å². The molecule has 0 amide bonds. The first-order valence-electron chi connectivity index (χ1n) is 9.16. The zero-order valence-electron chi connectivity index (χ0n) is 15.6. The van der Waals surface area contributed by atoms with Gasteiger partial charge in [-0.2, -0.15) is 0 Å². The number of alkyl halides is 1. The van der Waals surface area contributed by atoms with Crippen molar-refractivity contribution in [1.29, 1.82) is 0 Å². The van der Waals surface area contributed by atoms with Crippen LogP contribution in [0.1, 0.15) is 37.6 Å². The normalized spacial score (nSPS) is 14.2. The van der Waals surface area contributed by atoms with Crippen molar-refractivity contribution in [3.8, 4) is 11.8 Å². The Labute approximate surface area is 155 Å². The molecule has 6 heteroatoms. The maximum atomic E-state index is 12.7. The number of rotatable bonds is 9. The molecule has 2 heterocycles. The van der Waals surface area contributed by atoms with Crippen molar-refractivity contribution in [2.24, 2.45) is 4.99 Å². The van der Waals surface area contributed by atoms with E-state index in [2.05, 4.69) is 51.3 Å². The molecule has 1 aromatic rings. The van der Waals surface area contributed by atoms with Crippen LogP contribution in [0.5, 0.6) is 0 Å². The molecular weight excluding hydrogens is 329 g/mol. The molecule has 1 aliphatic heterocycles. The molecule has 0 saturated carbocycles. The lowest BCUT2D eigenvalue weighted by Gasteiger charge is -2.22. The molecule has 2 N–H and O–H groups in total. The summed E-state index contributed by atoms with van der Waals surface area (Å²) >= 11 is 0. The lowest BCUT2D eigenvalue weighted by atomic mass is 10.1. The zero-order valence-corrected chi connectivity index (χ0v) is 15.6. The standard InChI is InChI=1S/C20H28FN5/c1-3-26(2)19(11-10-17-7-6-8-18(15-21)25-17)9-4-5-12-23-20-16-22-13-14-24-20/h6-8,14,16,19,22-23H,3-5,9,12-13,15H2,1-2H3. The Morgan fingerprint density at radius 2 is 2.27 bits per heavy atom. The van der Waals surface area contributed by atoms with E-state index in [0.717, 1.165) is 44.7 Å². The van der Waals surface area contributed by atoms with E-state index in [-0.39, 0.29) is 6.04 Å². The number of aliphatic imine (C=N–C) groups is 1. The number of hydrogen-bond acceptors (Lipinski definition) is 5. The Balaban J connectivity index is 1.82. The van der Waals surface area contributed by atoms with Crippen molar-refractivity contribution in [1.82, 2.24) is 20.5 Å². The lowest BCUT2D eigenvalue weighted by molar-refractivity contribution is 0.287. The van der Waals surface area contributed by atoms with E-state index in [1.165, 1.54) is 0 Å². The molecule has 1 atom stereocenters. The Morgan fingerprint density at radius 1 is 1.38 bits per heavy atom. The predicted molar refractivity (Wildman–Crippen MR) is 104 cm³/mol. The fraction of sp³-hybridized carbons (Fsp3) is 0.500. The summed E-state index contributed by atoms with van der Waals surface area (Å²) in [5.74, 6) is 7.30. The molecule has 1 aromatic heterocycles. The van der Waals surface area contributed by atoms with Crippen molar-refractivity contribution >= 4 is 6.21 Å². The molecule has 0 aliphatic carbocycles. The van der Waals surface area contributed by atoms with Crippen LogP contribution in [0.4, 0.5) is 4.39 Å². The van der Waals surface area contributed by atoms with E-state index in [9.17, 15) is 4.39 Å². The monoisotopic (exact) mass is 357 g/mol. The lowest BCUT2D eigenvalue weighted by Crippen LogP contribution is -2.30. The molecule has 1 aliphatic rings. The number of unbranched alkanes of at least 4 members (excludes halogenated alkanes) is 1. The summed E-state index contributed by atoms with van der Waals surface area (Å²) in [6, 6.07) is 5.47. The largest absolute Gasteiger partial charge is 0.383 e. The zero-order chi connectivity index (χ0) is 18.6. The summed E-state index contributed by atoms with van der Waals surface area (Å²) in [4.78, 5) is 10.7. The second kappa shape index (κ2) is 11.3. The van der Waals surface area contributed by atoms with E-state index < -0.39 is 6.67 Å². The van der Waals surface area contributed by atoms with Gasteiger partial charge in [0.2, 0.25) is 0 Å². The van der Waals surface area contributed by atoms with Crippen LogP contribution in [0.15, 0.2) is 35.2 Å². The minimum absolute atomic E-state index is 0.171.